The Bertz CT molecular complexity index is 1010. The lowest BCUT2D eigenvalue weighted by molar-refractivity contribution is 0.414. The Morgan fingerprint density at radius 2 is 1.85 bits per heavy atom. The molecule has 3 rings (SSSR count). The van der Waals surface area contributed by atoms with E-state index >= 15 is 0 Å². The SMILES string of the molecule is COc1ccc(-n2cc(/C=C(\C#N)c3ccc(Cl)cc3Cl)cc2C)cc1. The van der Waals surface area contributed by atoms with Crippen molar-refractivity contribution in [1.29, 1.82) is 5.26 Å². The highest BCUT2D eigenvalue weighted by atomic mass is 35.5. The van der Waals surface area contributed by atoms with Gasteiger partial charge in [0.25, 0.3) is 0 Å². The summed E-state index contributed by atoms with van der Waals surface area (Å²) in [6.07, 6.45) is 3.81. The van der Waals surface area contributed by atoms with Crippen molar-refractivity contribution < 1.29 is 4.74 Å². The Hall–Kier alpha value is -2.67. The number of allylic oxidation sites excluding steroid dienone is 1. The first-order valence-corrected chi connectivity index (χ1v) is 8.68. The lowest BCUT2D eigenvalue weighted by Crippen LogP contribution is -1.94. The number of rotatable bonds is 4. The fourth-order valence-electron chi connectivity index (χ4n) is 2.74. The largest absolute Gasteiger partial charge is 0.497 e. The van der Waals surface area contributed by atoms with Crippen molar-refractivity contribution in [3.8, 4) is 17.5 Å². The predicted molar refractivity (Wildman–Crippen MR) is 107 cm³/mol. The highest BCUT2D eigenvalue weighted by molar-refractivity contribution is 6.36. The molecule has 0 spiro atoms. The van der Waals surface area contributed by atoms with E-state index in [1.807, 2.05) is 49.5 Å². The molecule has 0 aliphatic carbocycles. The van der Waals surface area contributed by atoms with E-state index in [4.69, 9.17) is 27.9 Å². The fraction of sp³-hybridized carbons (Fsp3) is 0.0952. The summed E-state index contributed by atoms with van der Waals surface area (Å²) in [6.45, 7) is 2.02. The first kappa shape index (κ1) is 18.1. The number of ether oxygens (including phenoxy) is 1. The number of hydrogen-bond acceptors (Lipinski definition) is 2. The van der Waals surface area contributed by atoms with Crippen LogP contribution in [-0.2, 0) is 0 Å². The maximum atomic E-state index is 9.55. The first-order chi connectivity index (χ1) is 12.5. The molecule has 1 aromatic heterocycles. The summed E-state index contributed by atoms with van der Waals surface area (Å²) in [5, 5.41) is 10.5. The predicted octanol–water partition coefficient (Wildman–Crippen LogP) is 6.17. The molecule has 3 aromatic rings. The van der Waals surface area contributed by atoms with Gasteiger partial charge in [-0.2, -0.15) is 5.26 Å². The molecule has 0 atom stereocenters. The van der Waals surface area contributed by atoms with Crippen LogP contribution in [0.4, 0.5) is 0 Å². The summed E-state index contributed by atoms with van der Waals surface area (Å²) in [7, 11) is 1.64. The molecule has 0 amide bonds. The van der Waals surface area contributed by atoms with Gasteiger partial charge < -0.3 is 9.30 Å². The zero-order valence-corrected chi connectivity index (χ0v) is 15.8. The molecule has 3 nitrogen and oxygen atoms in total. The van der Waals surface area contributed by atoms with Crippen LogP contribution in [0.1, 0.15) is 16.8 Å². The van der Waals surface area contributed by atoms with Crippen LogP contribution in [0.2, 0.25) is 10.0 Å². The fourth-order valence-corrected chi connectivity index (χ4v) is 3.25. The van der Waals surface area contributed by atoms with Gasteiger partial charge >= 0.3 is 0 Å². The van der Waals surface area contributed by atoms with Gasteiger partial charge in [-0.05, 0) is 61.0 Å². The number of nitrogens with zero attached hydrogens (tertiary/aromatic N) is 2. The molecule has 0 saturated carbocycles. The maximum Gasteiger partial charge on any atom is 0.119 e. The monoisotopic (exact) mass is 382 g/mol. The number of aryl methyl sites for hydroxylation is 1. The summed E-state index contributed by atoms with van der Waals surface area (Å²) in [5.41, 5.74) is 4.14. The van der Waals surface area contributed by atoms with Crippen molar-refractivity contribution in [3.05, 3.63) is 81.6 Å². The van der Waals surface area contributed by atoms with Crippen molar-refractivity contribution >= 4 is 34.9 Å². The zero-order valence-electron chi connectivity index (χ0n) is 14.3. The Labute approximate surface area is 162 Å². The summed E-state index contributed by atoms with van der Waals surface area (Å²) in [6, 6.07) is 17.2. The van der Waals surface area contributed by atoms with Crippen LogP contribution in [0.5, 0.6) is 5.75 Å². The Kier molecular flexibility index (Phi) is 5.37. The van der Waals surface area contributed by atoms with Crippen molar-refractivity contribution in [2.24, 2.45) is 0 Å². The van der Waals surface area contributed by atoms with Crippen LogP contribution in [0.3, 0.4) is 0 Å². The standard InChI is InChI=1S/C21H16Cl2N2O/c1-14-9-15(13-25(14)18-4-6-19(26-2)7-5-18)10-16(12-24)20-8-3-17(22)11-21(20)23/h3-11,13H,1-2H3/b16-10+. The summed E-state index contributed by atoms with van der Waals surface area (Å²) >= 11 is 12.2. The molecule has 2 aromatic carbocycles. The second-order valence-electron chi connectivity index (χ2n) is 5.78. The Morgan fingerprint density at radius 1 is 1.12 bits per heavy atom. The van der Waals surface area contributed by atoms with Crippen molar-refractivity contribution in [2.75, 3.05) is 7.11 Å². The van der Waals surface area contributed by atoms with Gasteiger partial charge in [-0.1, -0.05) is 29.3 Å². The van der Waals surface area contributed by atoms with Crippen LogP contribution < -0.4 is 4.74 Å². The molecular weight excluding hydrogens is 367 g/mol. The third-order valence-electron chi connectivity index (χ3n) is 4.04. The van der Waals surface area contributed by atoms with E-state index in [2.05, 4.69) is 10.6 Å². The molecular formula is C21H16Cl2N2O. The second kappa shape index (κ2) is 7.70. The summed E-state index contributed by atoms with van der Waals surface area (Å²) < 4.78 is 7.26. The molecule has 0 N–H and O–H groups in total. The van der Waals surface area contributed by atoms with E-state index < -0.39 is 0 Å². The summed E-state index contributed by atoms with van der Waals surface area (Å²) in [4.78, 5) is 0. The van der Waals surface area contributed by atoms with Gasteiger partial charge in [-0.15, -0.1) is 0 Å². The van der Waals surface area contributed by atoms with E-state index in [9.17, 15) is 5.26 Å². The highest BCUT2D eigenvalue weighted by Gasteiger charge is 2.09. The minimum absolute atomic E-state index is 0.455. The molecule has 0 unspecified atom stereocenters. The van der Waals surface area contributed by atoms with E-state index in [-0.39, 0.29) is 0 Å². The first-order valence-electron chi connectivity index (χ1n) is 7.92. The van der Waals surface area contributed by atoms with Crippen LogP contribution in [0.15, 0.2) is 54.7 Å². The number of halogens is 2. The van der Waals surface area contributed by atoms with Gasteiger partial charge in [0.15, 0.2) is 0 Å². The number of hydrogen-bond donors (Lipinski definition) is 0. The van der Waals surface area contributed by atoms with Gasteiger partial charge in [0, 0.05) is 28.2 Å². The lowest BCUT2D eigenvalue weighted by atomic mass is 10.1. The third kappa shape index (κ3) is 3.77. The Balaban J connectivity index is 1.99. The maximum absolute atomic E-state index is 9.55. The molecule has 0 saturated heterocycles. The van der Waals surface area contributed by atoms with Gasteiger partial charge in [0.2, 0.25) is 0 Å². The van der Waals surface area contributed by atoms with Crippen LogP contribution in [-0.4, -0.2) is 11.7 Å². The molecule has 26 heavy (non-hydrogen) atoms. The lowest BCUT2D eigenvalue weighted by Gasteiger charge is -2.07. The second-order valence-corrected chi connectivity index (χ2v) is 6.62. The van der Waals surface area contributed by atoms with E-state index in [0.717, 1.165) is 22.7 Å². The van der Waals surface area contributed by atoms with Gasteiger partial charge in [-0.25, -0.2) is 0 Å². The molecule has 0 fully saturated rings. The molecule has 0 aliphatic heterocycles. The molecule has 130 valence electrons. The molecule has 0 aliphatic rings. The number of methoxy groups -OCH3 is 1. The van der Waals surface area contributed by atoms with Crippen LogP contribution >= 0.6 is 23.2 Å². The minimum atomic E-state index is 0.455. The quantitative estimate of drug-likeness (QED) is 0.506. The molecule has 0 bridgehead atoms. The van der Waals surface area contributed by atoms with E-state index in [1.165, 1.54) is 0 Å². The van der Waals surface area contributed by atoms with Crippen LogP contribution in [0.25, 0.3) is 17.3 Å². The summed E-state index contributed by atoms with van der Waals surface area (Å²) in [5.74, 6) is 0.808. The Morgan fingerprint density at radius 3 is 2.46 bits per heavy atom. The van der Waals surface area contributed by atoms with Gasteiger partial charge in [0.05, 0.1) is 23.8 Å². The minimum Gasteiger partial charge on any atom is -0.497 e. The number of benzene rings is 2. The zero-order chi connectivity index (χ0) is 18.7. The molecule has 0 radical (unpaired) electrons. The molecule has 5 heteroatoms. The number of aromatic nitrogens is 1. The smallest absolute Gasteiger partial charge is 0.119 e. The van der Waals surface area contributed by atoms with E-state index in [0.29, 0.717) is 21.2 Å². The average molecular weight is 383 g/mol. The number of nitriles is 1. The topological polar surface area (TPSA) is 38.0 Å². The van der Waals surface area contributed by atoms with Crippen molar-refractivity contribution in [2.45, 2.75) is 6.92 Å². The van der Waals surface area contributed by atoms with E-state index in [1.54, 1.807) is 25.3 Å². The molecule has 1 heterocycles. The van der Waals surface area contributed by atoms with Crippen LogP contribution in [0, 0.1) is 18.3 Å². The van der Waals surface area contributed by atoms with Gasteiger partial charge in [0.1, 0.15) is 5.75 Å². The van der Waals surface area contributed by atoms with Crippen molar-refractivity contribution in [1.82, 2.24) is 4.57 Å². The van der Waals surface area contributed by atoms with Gasteiger partial charge in [-0.3, -0.25) is 0 Å². The average Bonchev–Trinajstić information content (AvgIpc) is 3.00. The third-order valence-corrected chi connectivity index (χ3v) is 4.58. The highest BCUT2D eigenvalue weighted by Crippen LogP contribution is 2.29. The normalized spacial score (nSPS) is 11.3. The van der Waals surface area contributed by atoms with Crippen molar-refractivity contribution in [3.63, 3.8) is 0 Å².